The molecule has 2 nitrogen and oxygen atoms in total. The van der Waals surface area contributed by atoms with E-state index in [2.05, 4.69) is 0 Å². The molecule has 1 unspecified atom stereocenters. The van der Waals surface area contributed by atoms with Crippen molar-refractivity contribution in [2.75, 3.05) is 6.54 Å². The van der Waals surface area contributed by atoms with Gasteiger partial charge in [-0.2, -0.15) is 0 Å². The smallest absolute Gasteiger partial charge is 0.163 e. The molecule has 0 aliphatic heterocycles. The number of carbonyl (C=O) groups excluding carboxylic acids is 1. The number of hydrogen-bond donors (Lipinski definition) is 1. The maximum Gasteiger partial charge on any atom is 0.163 e. The van der Waals surface area contributed by atoms with Crippen LogP contribution < -0.4 is 5.73 Å². The molecule has 0 spiro atoms. The first-order chi connectivity index (χ1) is 3.18. The second kappa shape index (κ2) is 2.99. The zero-order valence-corrected chi connectivity index (χ0v) is 4.90. The number of Topliss-reactive ketones (excluding diaryl/α,β-unsaturated/α-hetero) is 1. The van der Waals surface area contributed by atoms with E-state index < -0.39 is 5.38 Å². The van der Waals surface area contributed by atoms with Crippen molar-refractivity contribution < 1.29 is 4.79 Å². The van der Waals surface area contributed by atoms with E-state index in [4.69, 9.17) is 17.3 Å². The molecule has 0 aromatic carbocycles. The molecule has 0 amide bonds. The van der Waals surface area contributed by atoms with Gasteiger partial charge in [-0.15, -0.1) is 11.6 Å². The highest BCUT2D eigenvalue weighted by Crippen LogP contribution is 1.91. The number of hydrogen-bond acceptors (Lipinski definition) is 2. The average molecular weight is 122 g/mol. The lowest BCUT2D eigenvalue weighted by Crippen LogP contribution is -2.20. The van der Waals surface area contributed by atoms with Crippen molar-refractivity contribution in [2.24, 2.45) is 5.73 Å². The maximum absolute atomic E-state index is 10.3. The Morgan fingerprint density at radius 3 is 2.43 bits per heavy atom. The second-order valence-corrected chi connectivity index (χ2v) is 1.94. The summed E-state index contributed by atoms with van der Waals surface area (Å²) in [4.78, 5) is 10.3. The van der Waals surface area contributed by atoms with Crippen LogP contribution in [-0.2, 0) is 4.79 Å². The SMILES string of the molecule is CC(Cl)C(=O)CN. The van der Waals surface area contributed by atoms with Crippen LogP contribution in [0.15, 0.2) is 0 Å². The molecule has 7 heavy (non-hydrogen) atoms. The molecule has 0 heterocycles. The molecule has 0 saturated carbocycles. The molecule has 0 rings (SSSR count). The van der Waals surface area contributed by atoms with Crippen molar-refractivity contribution in [3.63, 3.8) is 0 Å². The van der Waals surface area contributed by atoms with Crippen LogP contribution in [0.1, 0.15) is 6.92 Å². The number of alkyl halides is 1. The van der Waals surface area contributed by atoms with E-state index in [0.717, 1.165) is 0 Å². The summed E-state index contributed by atoms with van der Waals surface area (Å²) in [7, 11) is 0. The molecule has 0 aromatic heterocycles. The van der Waals surface area contributed by atoms with Crippen LogP contribution in [0.5, 0.6) is 0 Å². The Bertz CT molecular complexity index is 72.1. The normalized spacial score (nSPS) is 13.6. The van der Waals surface area contributed by atoms with Crippen LogP contribution in [0, 0.1) is 0 Å². The van der Waals surface area contributed by atoms with Crippen LogP contribution in [0.2, 0.25) is 0 Å². The molecule has 0 saturated heterocycles. The second-order valence-electron chi connectivity index (χ2n) is 1.29. The number of nitrogens with two attached hydrogens (primary N) is 1. The van der Waals surface area contributed by atoms with E-state index in [9.17, 15) is 4.79 Å². The van der Waals surface area contributed by atoms with Crippen LogP contribution in [0.25, 0.3) is 0 Å². The first-order valence-corrected chi connectivity index (χ1v) is 2.49. The summed E-state index contributed by atoms with van der Waals surface area (Å²) in [5.74, 6) is -0.110. The van der Waals surface area contributed by atoms with E-state index in [1.807, 2.05) is 0 Å². The highest BCUT2D eigenvalue weighted by molar-refractivity contribution is 6.31. The molecule has 0 aliphatic rings. The standard InChI is InChI=1S/C4H8ClNO/c1-3(5)4(7)2-6/h3H,2,6H2,1H3. The minimum absolute atomic E-state index is 0.0463. The Morgan fingerprint density at radius 2 is 2.43 bits per heavy atom. The Morgan fingerprint density at radius 1 is 2.00 bits per heavy atom. The highest BCUT2D eigenvalue weighted by Gasteiger charge is 2.03. The van der Waals surface area contributed by atoms with Gasteiger partial charge in [0.05, 0.1) is 11.9 Å². The van der Waals surface area contributed by atoms with E-state index in [0.29, 0.717) is 0 Å². The van der Waals surface area contributed by atoms with E-state index in [1.54, 1.807) is 6.92 Å². The zero-order chi connectivity index (χ0) is 5.86. The van der Waals surface area contributed by atoms with Gasteiger partial charge in [-0.25, -0.2) is 0 Å². The Kier molecular flexibility index (Phi) is 2.96. The van der Waals surface area contributed by atoms with Gasteiger partial charge in [0.2, 0.25) is 0 Å². The van der Waals surface area contributed by atoms with Crippen molar-refractivity contribution in [3.05, 3.63) is 0 Å². The van der Waals surface area contributed by atoms with Gasteiger partial charge in [-0.3, -0.25) is 4.79 Å². The minimum atomic E-state index is -0.426. The molecule has 0 bridgehead atoms. The summed E-state index contributed by atoms with van der Waals surface area (Å²) in [5.41, 5.74) is 4.94. The fourth-order valence-corrected chi connectivity index (χ4v) is 0.251. The summed E-state index contributed by atoms with van der Waals surface area (Å²) < 4.78 is 0. The number of halogens is 1. The average Bonchev–Trinajstić information content (AvgIpc) is 1.65. The number of ketones is 1. The van der Waals surface area contributed by atoms with Crippen molar-refractivity contribution in [2.45, 2.75) is 12.3 Å². The number of rotatable bonds is 2. The van der Waals surface area contributed by atoms with Gasteiger partial charge in [0.1, 0.15) is 0 Å². The first kappa shape index (κ1) is 6.92. The molecule has 0 fully saturated rings. The Balaban J connectivity index is 3.35. The molecule has 0 aliphatic carbocycles. The van der Waals surface area contributed by atoms with Crippen LogP contribution >= 0.6 is 11.6 Å². The summed E-state index contributed by atoms with van der Waals surface area (Å²) in [6.07, 6.45) is 0. The van der Waals surface area contributed by atoms with E-state index in [-0.39, 0.29) is 12.3 Å². The lowest BCUT2D eigenvalue weighted by molar-refractivity contribution is -0.117. The van der Waals surface area contributed by atoms with Crippen molar-refractivity contribution in [3.8, 4) is 0 Å². The summed E-state index contributed by atoms with van der Waals surface area (Å²) >= 11 is 5.30. The fourth-order valence-electron chi connectivity index (χ4n) is 0.162. The lowest BCUT2D eigenvalue weighted by Gasteiger charge is -1.93. The summed E-state index contributed by atoms with van der Waals surface area (Å²) in [5, 5.41) is -0.426. The van der Waals surface area contributed by atoms with Gasteiger partial charge in [0, 0.05) is 0 Å². The molecular weight excluding hydrogens is 114 g/mol. The quantitative estimate of drug-likeness (QED) is 0.529. The predicted octanol–water partition coefficient (Wildman–Crippen LogP) is 0.142. The molecule has 42 valence electrons. The Hall–Kier alpha value is -0.0800. The molecule has 0 radical (unpaired) electrons. The molecule has 3 heteroatoms. The maximum atomic E-state index is 10.3. The first-order valence-electron chi connectivity index (χ1n) is 2.05. The third kappa shape index (κ3) is 2.60. The van der Waals surface area contributed by atoms with Gasteiger partial charge >= 0.3 is 0 Å². The zero-order valence-electron chi connectivity index (χ0n) is 4.15. The molecule has 2 N–H and O–H groups in total. The molecule has 1 atom stereocenters. The van der Waals surface area contributed by atoms with Crippen LogP contribution in [-0.4, -0.2) is 17.7 Å². The third-order valence-corrected chi connectivity index (χ3v) is 0.888. The van der Waals surface area contributed by atoms with E-state index in [1.165, 1.54) is 0 Å². The topological polar surface area (TPSA) is 43.1 Å². The van der Waals surface area contributed by atoms with Gasteiger partial charge in [-0.1, -0.05) is 0 Å². The van der Waals surface area contributed by atoms with Crippen molar-refractivity contribution >= 4 is 17.4 Å². The van der Waals surface area contributed by atoms with Gasteiger partial charge in [0.15, 0.2) is 5.78 Å². The largest absolute Gasteiger partial charge is 0.324 e. The van der Waals surface area contributed by atoms with Gasteiger partial charge in [-0.05, 0) is 6.92 Å². The van der Waals surface area contributed by atoms with Crippen molar-refractivity contribution in [1.82, 2.24) is 0 Å². The fraction of sp³-hybridized carbons (Fsp3) is 0.750. The molecule has 0 aromatic rings. The minimum Gasteiger partial charge on any atom is -0.324 e. The van der Waals surface area contributed by atoms with Gasteiger partial charge in [0.25, 0.3) is 0 Å². The summed E-state index contributed by atoms with van der Waals surface area (Å²) in [6, 6.07) is 0. The monoisotopic (exact) mass is 121 g/mol. The summed E-state index contributed by atoms with van der Waals surface area (Å²) in [6.45, 7) is 1.65. The third-order valence-electron chi connectivity index (χ3n) is 0.645. The van der Waals surface area contributed by atoms with Crippen LogP contribution in [0.3, 0.4) is 0 Å². The van der Waals surface area contributed by atoms with E-state index >= 15 is 0 Å². The van der Waals surface area contributed by atoms with Crippen molar-refractivity contribution in [1.29, 1.82) is 0 Å². The van der Waals surface area contributed by atoms with Gasteiger partial charge < -0.3 is 5.73 Å². The predicted molar refractivity (Wildman–Crippen MR) is 29.4 cm³/mol. The number of carbonyl (C=O) groups is 1. The lowest BCUT2D eigenvalue weighted by atomic mass is 10.3. The highest BCUT2D eigenvalue weighted by atomic mass is 35.5. The Labute approximate surface area is 47.6 Å². The molecular formula is C4H8ClNO. The van der Waals surface area contributed by atoms with Crippen LogP contribution in [0.4, 0.5) is 0 Å².